The van der Waals surface area contributed by atoms with Crippen molar-refractivity contribution in [2.75, 3.05) is 25.5 Å². The lowest BCUT2D eigenvalue weighted by Gasteiger charge is -2.28. The second kappa shape index (κ2) is 7.39. The van der Waals surface area contributed by atoms with Gasteiger partial charge in [0.2, 0.25) is 11.9 Å². The normalized spacial score (nSPS) is 21.4. The van der Waals surface area contributed by atoms with Crippen molar-refractivity contribution >= 4 is 45.7 Å². The largest absolute Gasteiger partial charge is 0.387 e. The summed E-state index contributed by atoms with van der Waals surface area (Å²) in [5.74, 6) is 0.198. The fourth-order valence-corrected chi connectivity index (χ4v) is 4.59. The van der Waals surface area contributed by atoms with Crippen molar-refractivity contribution in [3.8, 4) is 0 Å². The first kappa shape index (κ1) is 19.2. The first-order chi connectivity index (χ1) is 13.5. The number of H-pyrrole nitrogens is 1. The zero-order valence-electron chi connectivity index (χ0n) is 15.6. The van der Waals surface area contributed by atoms with Crippen molar-refractivity contribution in [2.45, 2.75) is 25.3 Å². The zero-order chi connectivity index (χ0) is 20.0. The summed E-state index contributed by atoms with van der Waals surface area (Å²) in [4.78, 5) is 25.8. The summed E-state index contributed by atoms with van der Waals surface area (Å²) in [6, 6.07) is 0. The highest BCUT2D eigenvalue weighted by Crippen LogP contribution is 2.34. The van der Waals surface area contributed by atoms with Gasteiger partial charge in [0.15, 0.2) is 0 Å². The van der Waals surface area contributed by atoms with E-state index in [1.165, 1.54) is 0 Å². The third kappa shape index (κ3) is 2.98. The summed E-state index contributed by atoms with van der Waals surface area (Å²) in [6.07, 6.45) is 4.22. The number of hydrogen-bond donors (Lipinski definition) is 3. The maximum atomic E-state index is 12.0. The molecule has 1 aliphatic carbocycles. The maximum Gasteiger partial charge on any atom is 0.248 e. The lowest BCUT2D eigenvalue weighted by molar-refractivity contribution is -0.135. The van der Waals surface area contributed by atoms with E-state index in [1.54, 1.807) is 24.3 Å². The van der Waals surface area contributed by atoms with Crippen molar-refractivity contribution in [1.29, 1.82) is 0 Å². The van der Waals surface area contributed by atoms with E-state index in [0.717, 1.165) is 33.0 Å². The first-order valence-electron chi connectivity index (χ1n) is 9.12. The maximum absolute atomic E-state index is 12.0. The third-order valence-electron chi connectivity index (χ3n) is 5.49. The number of amides is 1. The summed E-state index contributed by atoms with van der Waals surface area (Å²) in [6.45, 7) is 2.51. The molecule has 2 atom stereocenters. The van der Waals surface area contributed by atoms with Crippen LogP contribution in [0, 0.1) is 5.92 Å². The van der Waals surface area contributed by atoms with E-state index in [4.69, 9.17) is 23.2 Å². The highest BCUT2D eigenvalue weighted by Gasteiger charge is 2.33. The summed E-state index contributed by atoms with van der Waals surface area (Å²) in [5, 5.41) is 14.2. The van der Waals surface area contributed by atoms with E-state index in [-0.39, 0.29) is 17.2 Å². The van der Waals surface area contributed by atoms with Gasteiger partial charge in [0.1, 0.15) is 6.61 Å². The van der Waals surface area contributed by atoms with Crippen molar-refractivity contribution < 1.29 is 9.90 Å². The van der Waals surface area contributed by atoms with Crippen LogP contribution in [0.4, 0.5) is 5.95 Å². The number of halogens is 2. The second-order valence-electron chi connectivity index (χ2n) is 7.05. The molecule has 3 heterocycles. The van der Waals surface area contributed by atoms with Crippen LogP contribution < -0.4 is 15.9 Å². The average molecular weight is 422 g/mol. The first-order valence-corrected chi connectivity index (χ1v) is 9.94. The SMILES string of the molecule is CNc1ncc(C2=c3c4c([nH]c3=C(Cl)C(Cl)C2C)CCN(C(=O)CO)C4)cn1. The molecular formula is C19H21Cl2N5O2. The Labute approximate surface area is 172 Å². The number of carbonyl (C=O) groups excluding carboxylic acids is 1. The minimum absolute atomic E-state index is 0.0606. The molecule has 4 rings (SSSR count). The predicted molar refractivity (Wildman–Crippen MR) is 108 cm³/mol. The van der Waals surface area contributed by atoms with Gasteiger partial charge in [-0.2, -0.15) is 0 Å². The fraction of sp³-hybridized carbons (Fsp3) is 0.421. The number of anilines is 1. The number of hydrogen-bond acceptors (Lipinski definition) is 5. The Morgan fingerprint density at radius 1 is 1.43 bits per heavy atom. The molecule has 2 aromatic heterocycles. The van der Waals surface area contributed by atoms with Crippen LogP contribution in [0.25, 0.3) is 10.6 Å². The minimum Gasteiger partial charge on any atom is -0.387 e. The summed E-state index contributed by atoms with van der Waals surface area (Å²) in [7, 11) is 1.77. The van der Waals surface area contributed by atoms with E-state index < -0.39 is 6.61 Å². The predicted octanol–water partition coefficient (Wildman–Crippen LogP) is 0.526. The van der Waals surface area contributed by atoms with E-state index in [2.05, 4.69) is 20.3 Å². The molecule has 1 aliphatic heterocycles. The number of aliphatic hydroxyl groups is 1. The molecular weight excluding hydrogens is 401 g/mol. The van der Waals surface area contributed by atoms with Gasteiger partial charge < -0.3 is 20.3 Å². The third-order valence-corrected chi connectivity index (χ3v) is 6.62. The van der Waals surface area contributed by atoms with Gasteiger partial charge in [-0.3, -0.25) is 4.79 Å². The molecule has 148 valence electrons. The van der Waals surface area contributed by atoms with Crippen molar-refractivity contribution in [3.63, 3.8) is 0 Å². The van der Waals surface area contributed by atoms with Gasteiger partial charge in [-0.15, -0.1) is 11.6 Å². The molecule has 2 unspecified atom stereocenters. The molecule has 3 N–H and O–H groups in total. The molecule has 1 amide bonds. The van der Waals surface area contributed by atoms with Crippen molar-refractivity contribution in [2.24, 2.45) is 5.92 Å². The number of alkyl halides is 1. The van der Waals surface area contributed by atoms with Crippen molar-refractivity contribution in [3.05, 3.63) is 39.8 Å². The zero-order valence-corrected chi connectivity index (χ0v) is 17.1. The smallest absolute Gasteiger partial charge is 0.248 e. The van der Waals surface area contributed by atoms with Crippen LogP contribution in [0.1, 0.15) is 23.7 Å². The molecule has 0 radical (unpaired) electrons. The molecule has 0 saturated heterocycles. The quantitative estimate of drug-likeness (QED) is 0.628. The Hall–Kier alpha value is -2.09. The molecule has 0 spiro atoms. The number of aromatic nitrogens is 3. The monoisotopic (exact) mass is 421 g/mol. The molecule has 0 bridgehead atoms. The van der Waals surface area contributed by atoms with E-state index in [1.807, 2.05) is 6.92 Å². The average Bonchev–Trinajstić information content (AvgIpc) is 3.10. The van der Waals surface area contributed by atoms with Crippen molar-refractivity contribution in [1.82, 2.24) is 19.9 Å². The second-order valence-corrected chi connectivity index (χ2v) is 7.93. The van der Waals surface area contributed by atoms with E-state index in [0.29, 0.717) is 30.5 Å². The number of aromatic amines is 1. The summed E-state index contributed by atoms with van der Waals surface area (Å²) in [5.41, 5.74) is 3.95. The van der Waals surface area contributed by atoms with Crippen LogP contribution in [0.3, 0.4) is 0 Å². The number of aliphatic hydroxyl groups excluding tert-OH is 1. The Morgan fingerprint density at radius 2 is 2.14 bits per heavy atom. The topological polar surface area (TPSA) is 94.1 Å². The molecule has 28 heavy (non-hydrogen) atoms. The van der Waals surface area contributed by atoms with Gasteiger partial charge in [0.25, 0.3) is 0 Å². The lowest BCUT2D eigenvalue weighted by atomic mass is 9.86. The number of fused-ring (bicyclic) bond motifs is 3. The molecule has 2 aromatic rings. The molecule has 7 nitrogen and oxygen atoms in total. The Bertz CT molecular complexity index is 1050. The number of nitrogens with one attached hydrogen (secondary N) is 2. The Morgan fingerprint density at radius 3 is 2.79 bits per heavy atom. The standard InChI is InChI=1S/C19H21Cl2N5O2/c1-9-14(10-5-23-19(22-2)24-6-10)15-11-7-26(13(28)8-27)4-3-12(11)25-18(15)17(21)16(9)20/h5-6,9,16,25,27H,3-4,7-8H2,1-2H3,(H,22,23,24). The molecule has 0 saturated carbocycles. The Kier molecular flexibility index (Phi) is 5.07. The Balaban J connectivity index is 1.98. The number of rotatable bonds is 3. The van der Waals surface area contributed by atoms with Crippen LogP contribution >= 0.6 is 23.2 Å². The van der Waals surface area contributed by atoms with Gasteiger partial charge in [0.05, 0.1) is 15.8 Å². The lowest BCUT2D eigenvalue weighted by Crippen LogP contribution is -2.43. The molecule has 9 heteroatoms. The summed E-state index contributed by atoms with van der Waals surface area (Å²) < 4.78 is 0. The van der Waals surface area contributed by atoms with Gasteiger partial charge in [-0.1, -0.05) is 18.5 Å². The van der Waals surface area contributed by atoms with Crippen LogP contribution in [0.2, 0.25) is 0 Å². The van der Waals surface area contributed by atoms with Crippen LogP contribution in [0.15, 0.2) is 12.4 Å². The molecule has 2 aliphatic rings. The van der Waals surface area contributed by atoms with Gasteiger partial charge in [0, 0.05) is 66.9 Å². The van der Waals surface area contributed by atoms with Crippen LogP contribution in [-0.2, 0) is 17.8 Å². The number of carbonyl (C=O) groups is 1. The van der Waals surface area contributed by atoms with Gasteiger partial charge in [-0.05, 0) is 5.57 Å². The highest BCUT2D eigenvalue weighted by molar-refractivity contribution is 6.51. The highest BCUT2D eigenvalue weighted by atomic mass is 35.5. The fourth-order valence-electron chi connectivity index (χ4n) is 4.02. The van der Waals surface area contributed by atoms with E-state index >= 15 is 0 Å². The van der Waals surface area contributed by atoms with E-state index in [9.17, 15) is 9.90 Å². The van der Waals surface area contributed by atoms with Gasteiger partial charge in [-0.25, -0.2) is 9.97 Å². The minimum atomic E-state index is -0.495. The van der Waals surface area contributed by atoms with Gasteiger partial charge >= 0.3 is 0 Å². The number of nitrogens with zero attached hydrogens (tertiary/aromatic N) is 3. The van der Waals surface area contributed by atoms with Crippen LogP contribution in [-0.4, -0.2) is 56.4 Å². The van der Waals surface area contributed by atoms with Crippen LogP contribution in [0.5, 0.6) is 0 Å². The molecule has 0 fully saturated rings. The molecule has 0 aromatic carbocycles. The summed E-state index contributed by atoms with van der Waals surface area (Å²) >= 11 is 13.3.